The van der Waals surface area contributed by atoms with Crippen LogP contribution in [0.25, 0.3) is 10.9 Å². The molecule has 8 heteroatoms. The van der Waals surface area contributed by atoms with Gasteiger partial charge in [0.2, 0.25) is 5.91 Å². The molecule has 1 aromatic carbocycles. The number of nitrogens with two attached hydrogens (primary N) is 1. The summed E-state index contributed by atoms with van der Waals surface area (Å²) in [6, 6.07) is 7.10. The van der Waals surface area contributed by atoms with Gasteiger partial charge in [-0.05, 0) is 23.9 Å². The Balaban J connectivity index is 1.97. The van der Waals surface area contributed by atoms with Gasteiger partial charge < -0.3 is 26.2 Å². The Morgan fingerprint density at radius 2 is 1.88 bits per heavy atom. The second-order valence-corrected chi connectivity index (χ2v) is 5.53. The largest absolute Gasteiger partial charge is 0.480 e. The van der Waals surface area contributed by atoms with E-state index in [9.17, 15) is 19.5 Å². The third-order valence-corrected chi connectivity index (χ3v) is 3.64. The van der Waals surface area contributed by atoms with E-state index in [0.717, 1.165) is 10.9 Å². The molecule has 2 aromatic rings. The summed E-state index contributed by atoms with van der Waals surface area (Å²) < 4.78 is 0. The number of benzene rings is 1. The Hall–Kier alpha value is -2.87. The monoisotopic (exact) mass is 333 g/mol. The molecule has 0 aliphatic carbocycles. The number of nitrogens with one attached hydrogen (secondary N) is 2. The van der Waals surface area contributed by atoms with Crippen LogP contribution in [0, 0.1) is 0 Å². The number of carboxylic acids is 2. The zero-order valence-electron chi connectivity index (χ0n) is 12.9. The molecule has 0 aliphatic rings. The molecule has 8 nitrogen and oxygen atoms in total. The van der Waals surface area contributed by atoms with Crippen LogP contribution in [-0.4, -0.2) is 45.1 Å². The highest BCUT2D eigenvalue weighted by Crippen LogP contribution is 2.16. The molecule has 0 radical (unpaired) electrons. The Labute approximate surface area is 137 Å². The van der Waals surface area contributed by atoms with Crippen LogP contribution in [0.2, 0.25) is 0 Å². The van der Waals surface area contributed by atoms with Crippen molar-refractivity contribution in [2.75, 3.05) is 0 Å². The maximum absolute atomic E-state index is 11.8. The average molecular weight is 333 g/mol. The number of hydrogen-bond donors (Lipinski definition) is 5. The number of amides is 1. The molecular formula is C16H19N3O5. The highest BCUT2D eigenvalue weighted by Gasteiger charge is 2.22. The highest BCUT2D eigenvalue weighted by molar-refractivity contribution is 5.85. The molecular weight excluding hydrogens is 314 g/mol. The summed E-state index contributed by atoms with van der Waals surface area (Å²) in [5.74, 6) is -2.91. The molecule has 1 aromatic heterocycles. The molecule has 0 bridgehead atoms. The van der Waals surface area contributed by atoms with Crippen LogP contribution in [-0.2, 0) is 20.8 Å². The standard InChI is InChI=1S/C16H19N3O5/c17-11(15(21)22)5-6-14(20)19-13(16(23)24)8-10-7-9-3-1-2-4-12(9)18-10/h1-4,7,11,13,18H,5-6,8,17H2,(H,19,20)(H,21,22)(H,23,24)/t11?,13-/m1/s1. The van der Waals surface area contributed by atoms with Gasteiger partial charge in [-0.1, -0.05) is 18.2 Å². The Morgan fingerprint density at radius 1 is 1.17 bits per heavy atom. The minimum absolute atomic E-state index is 0.0557. The molecule has 1 amide bonds. The lowest BCUT2D eigenvalue weighted by Gasteiger charge is -2.14. The van der Waals surface area contributed by atoms with Crippen LogP contribution in [0.3, 0.4) is 0 Å². The fourth-order valence-corrected chi connectivity index (χ4v) is 2.34. The lowest BCUT2D eigenvalue weighted by Crippen LogP contribution is -2.43. The first-order chi connectivity index (χ1) is 11.4. The van der Waals surface area contributed by atoms with Crippen molar-refractivity contribution < 1.29 is 24.6 Å². The normalized spacial score (nSPS) is 13.4. The quantitative estimate of drug-likeness (QED) is 0.475. The predicted octanol–water partition coefficient (Wildman–Crippen LogP) is 0.472. The summed E-state index contributed by atoms with van der Waals surface area (Å²) in [5, 5.41) is 21.3. The van der Waals surface area contributed by atoms with Crippen molar-refractivity contribution in [3.63, 3.8) is 0 Å². The zero-order chi connectivity index (χ0) is 17.7. The fraction of sp³-hybridized carbons (Fsp3) is 0.312. The lowest BCUT2D eigenvalue weighted by atomic mass is 10.1. The van der Waals surface area contributed by atoms with Gasteiger partial charge in [0.25, 0.3) is 0 Å². The minimum atomic E-state index is -1.20. The minimum Gasteiger partial charge on any atom is -0.480 e. The molecule has 0 saturated carbocycles. The second-order valence-electron chi connectivity index (χ2n) is 5.53. The van der Waals surface area contributed by atoms with Crippen LogP contribution in [0.1, 0.15) is 18.5 Å². The van der Waals surface area contributed by atoms with E-state index in [-0.39, 0.29) is 19.3 Å². The first-order valence-electron chi connectivity index (χ1n) is 7.44. The molecule has 0 fully saturated rings. The van der Waals surface area contributed by atoms with Gasteiger partial charge in [-0.3, -0.25) is 9.59 Å². The molecule has 0 spiro atoms. The third-order valence-electron chi connectivity index (χ3n) is 3.64. The van der Waals surface area contributed by atoms with E-state index in [1.54, 1.807) is 0 Å². The molecule has 2 rings (SSSR count). The summed E-state index contributed by atoms with van der Waals surface area (Å²) in [6.07, 6.45) is -0.107. The van der Waals surface area contributed by atoms with Gasteiger partial charge >= 0.3 is 11.9 Å². The smallest absolute Gasteiger partial charge is 0.326 e. The van der Waals surface area contributed by atoms with Crippen LogP contribution in [0.5, 0.6) is 0 Å². The number of rotatable bonds is 8. The van der Waals surface area contributed by atoms with Crippen molar-refractivity contribution >= 4 is 28.7 Å². The van der Waals surface area contributed by atoms with Crippen molar-refractivity contribution in [1.29, 1.82) is 0 Å². The fourth-order valence-electron chi connectivity index (χ4n) is 2.34. The van der Waals surface area contributed by atoms with E-state index >= 15 is 0 Å². The first-order valence-corrected chi connectivity index (χ1v) is 7.44. The molecule has 0 aliphatic heterocycles. The molecule has 1 unspecified atom stereocenters. The zero-order valence-corrected chi connectivity index (χ0v) is 12.9. The van der Waals surface area contributed by atoms with Crippen molar-refractivity contribution in [2.24, 2.45) is 5.73 Å². The number of carbonyl (C=O) groups is 3. The number of fused-ring (bicyclic) bond motifs is 1. The Kier molecular flexibility index (Phi) is 5.54. The van der Waals surface area contributed by atoms with Crippen LogP contribution in [0.15, 0.2) is 30.3 Å². The van der Waals surface area contributed by atoms with Crippen molar-refractivity contribution in [3.8, 4) is 0 Å². The summed E-state index contributed by atoms with van der Waals surface area (Å²) in [6.45, 7) is 0. The maximum Gasteiger partial charge on any atom is 0.326 e. The lowest BCUT2D eigenvalue weighted by molar-refractivity contribution is -0.142. The number of aromatic amines is 1. The van der Waals surface area contributed by atoms with E-state index in [2.05, 4.69) is 10.3 Å². The SMILES string of the molecule is NC(CCC(=O)N[C@H](Cc1cc2ccccc2[nH]1)C(=O)O)C(=O)O. The van der Waals surface area contributed by atoms with Gasteiger partial charge in [0, 0.05) is 24.1 Å². The van der Waals surface area contributed by atoms with Gasteiger partial charge in [0.15, 0.2) is 0 Å². The molecule has 24 heavy (non-hydrogen) atoms. The average Bonchev–Trinajstić information content (AvgIpc) is 2.94. The van der Waals surface area contributed by atoms with Gasteiger partial charge in [-0.2, -0.15) is 0 Å². The van der Waals surface area contributed by atoms with E-state index in [1.807, 2.05) is 30.3 Å². The summed E-state index contributed by atoms with van der Waals surface area (Å²) >= 11 is 0. The number of para-hydroxylation sites is 1. The number of carboxylic acid groups (broad SMARTS) is 2. The van der Waals surface area contributed by atoms with Crippen LogP contribution in [0.4, 0.5) is 0 Å². The topological polar surface area (TPSA) is 146 Å². The predicted molar refractivity (Wildman–Crippen MR) is 86.4 cm³/mol. The number of carbonyl (C=O) groups excluding carboxylic acids is 1. The molecule has 128 valence electrons. The second kappa shape index (κ2) is 7.60. The number of H-pyrrole nitrogens is 1. The summed E-state index contributed by atoms with van der Waals surface area (Å²) in [4.78, 5) is 36.9. The number of aliphatic carboxylic acids is 2. The van der Waals surface area contributed by atoms with Crippen molar-refractivity contribution in [2.45, 2.75) is 31.3 Å². The maximum atomic E-state index is 11.8. The van der Waals surface area contributed by atoms with Crippen LogP contribution < -0.4 is 11.1 Å². The molecule has 2 atom stereocenters. The molecule has 0 saturated heterocycles. The first kappa shape index (κ1) is 17.5. The van der Waals surface area contributed by atoms with E-state index in [0.29, 0.717) is 5.69 Å². The summed E-state index contributed by atoms with van der Waals surface area (Å²) in [7, 11) is 0. The van der Waals surface area contributed by atoms with Gasteiger partial charge in [-0.25, -0.2) is 4.79 Å². The van der Waals surface area contributed by atoms with E-state index in [1.165, 1.54) is 0 Å². The van der Waals surface area contributed by atoms with Gasteiger partial charge in [-0.15, -0.1) is 0 Å². The van der Waals surface area contributed by atoms with E-state index in [4.69, 9.17) is 10.8 Å². The number of hydrogen-bond acceptors (Lipinski definition) is 4. The summed E-state index contributed by atoms with van der Waals surface area (Å²) in [5.41, 5.74) is 6.89. The van der Waals surface area contributed by atoms with Crippen molar-refractivity contribution in [3.05, 3.63) is 36.0 Å². The van der Waals surface area contributed by atoms with Crippen molar-refractivity contribution in [1.82, 2.24) is 10.3 Å². The Bertz CT molecular complexity index is 722. The molecule has 6 N–H and O–H groups in total. The Morgan fingerprint density at radius 3 is 2.50 bits per heavy atom. The third kappa shape index (κ3) is 4.56. The van der Waals surface area contributed by atoms with E-state index < -0.39 is 29.9 Å². The highest BCUT2D eigenvalue weighted by atomic mass is 16.4. The molecule has 1 heterocycles. The van der Waals surface area contributed by atoms with Gasteiger partial charge in [0.05, 0.1) is 0 Å². The van der Waals surface area contributed by atoms with Crippen LogP contribution >= 0.6 is 0 Å². The van der Waals surface area contributed by atoms with Gasteiger partial charge in [0.1, 0.15) is 12.1 Å². The number of aromatic nitrogens is 1.